The first-order chi connectivity index (χ1) is 13.6. The summed E-state index contributed by atoms with van der Waals surface area (Å²) >= 11 is 0. The number of nitrogens with zero attached hydrogens (tertiary/aromatic N) is 3. The summed E-state index contributed by atoms with van der Waals surface area (Å²) < 4.78 is 14.5. The highest BCUT2D eigenvalue weighted by molar-refractivity contribution is 5.84. The smallest absolute Gasteiger partial charge is 0.156 e. The molecule has 0 atom stereocenters. The topological polar surface area (TPSA) is 77.1 Å². The Morgan fingerprint density at radius 2 is 2.14 bits per heavy atom. The molecule has 2 aromatic heterocycles. The molecule has 3 aromatic rings. The first kappa shape index (κ1) is 17.6. The van der Waals surface area contributed by atoms with Gasteiger partial charge in [0.25, 0.3) is 0 Å². The molecule has 3 N–H and O–H groups in total. The van der Waals surface area contributed by atoms with Crippen molar-refractivity contribution in [1.29, 1.82) is 0 Å². The second-order valence-corrected chi connectivity index (χ2v) is 8.04. The molecule has 0 radical (unpaired) electrons. The van der Waals surface area contributed by atoms with Crippen LogP contribution >= 0.6 is 0 Å². The number of nitrogens with one attached hydrogen (secondary N) is 2. The van der Waals surface area contributed by atoms with Gasteiger partial charge in [-0.3, -0.25) is 10.00 Å². The lowest BCUT2D eigenvalue weighted by molar-refractivity contribution is -0.0100. The number of halogens is 1. The number of rotatable bonds is 3. The molecule has 1 saturated heterocycles. The SMILES string of the molecule is Cc1n[nH]c2nc(-c3ccc(O)cc3F)cc(CN3CCNCC34CCC4)c12. The van der Waals surface area contributed by atoms with Crippen molar-refractivity contribution < 1.29 is 9.50 Å². The molecule has 5 rings (SSSR count). The quantitative estimate of drug-likeness (QED) is 0.650. The van der Waals surface area contributed by atoms with Gasteiger partial charge in [0, 0.05) is 48.7 Å². The Bertz CT molecular complexity index is 1040. The highest BCUT2D eigenvalue weighted by Crippen LogP contribution is 2.40. The van der Waals surface area contributed by atoms with Gasteiger partial charge in [-0.1, -0.05) is 0 Å². The zero-order valence-electron chi connectivity index (χ0n) is 15.9. The maximum absolute atomic E-state index is 14.5. The third kappa shape index (κ3) is 2.77. The van der Waals surface area contributed by atoms with Crippen LogP contribution in [0.3, 0.4) is 0 Å². The molecule has 1 aliphatic carbocycles. The van der Waals surface area contributed by atoms with Crippen molar-refractivity contribution in [2.45, 2.75) is 38.3 Å². The standard InChI is InChI=1S/C21H24FN5O/c1-13-19-14(11-27-8-7-23-12-21(27)5-2-6-21)9-18(24-20(19)26-25-13)16-4-3-15(28)10-17(16)22/h3-4,9-10,23,28H,2,5-8,11-12H2,1H3,(H,24,25,26). The number of piperazine rings is 1. The van der Waals surface area contributed by atoms with Crippen LogP contribution in [0.15, 0.2) is 24.3 Å². The van der Waals surface area contributed by atoms with E-state index in [-0.39, 0.29) is 11.3 Å². The van der Waals surface area contributed by atoms with Crippen LogP contribution in [0.5, 0.6) is 5.75 Å². The summed E-state index contributed by atoms with van der Waals surface area (Å²) in [7, 11) is 0. The number of benzene rings is 1. The third-order valence-corrected chi connectivity index (χ3v) is 6.35. The maximum Gasteiger partial charge on any atom is 0.156 e. The number of aromatic hydroxyl groups is 1. The fourth-order valence-corrected chi connectivity index (χ4v) is 4.66. The molecule has 146 valence electrons. The van der Waals surface area contributed by atoms with E-state index in [1.165, 1.54) is 25.3 Å². The summed E-state index contributed by atoms with van der Waals surface area (Å²) in [6.07, 6.45) is 3.72. The molecular formula is C21H24FN5O. The van der Waals surface area contributed by atoms with Gasteiger partial charge in [0.2, 0.25) is 0 Å². The van der Waals surface area contributed by atoms with Crippen LogP contribution in [-0.4, -0.2) is 50.4 Å². The summed E-state index contributed by atoms with van der Waals surface area (Å²) in [5, 5.41) is 21.4. The van der Waals surface area contributed by atoms with Gasteiger partial charge in [0.15, 0.2) is 5.65 Å². The van der Waals surface area contributed by atoms with E-state index in [1.54, 1.807) is 6.07 Å². The van der Waals surface area contributed by atoms with Gasteiger partial charge in [0.1, 0.15) is 11.6 Å². The maximum atomic E-state index is 14.5. The molecule has 6 nitrogen and oxygen atoms in total. The Balaban J connectivity index is 1.60. The van der Waals surface area contributed by atoms with Crippen LogP contribution in [0.1, 0.15) is 30.5 Å². The first-order valence-corrected chi connectivity index (χ1v) is 9.85. The predicted molar refractivity (Wildman–Crippen MR) is 106 cm³/mol. The average Bonchev–Trinajstić information content (AvgIpc) is 3.02. The molecule has 1 aromatic carbocycles. The Kier molecular flexibility index (Phi) is 4.10. The van der Waals surface area contributed by atoms with Crippen LogP contribution in [-0.2, 0) is 6.54 Å². The van der Waals surface area contributed by atoms with Gasteiger partial charge in [-0.05, 0) is 49.9 Å². The zero-order valence-corrected chi connectivity index (χ0v) is 15.9. The molecule has 3 heterocycles. The first-order valence-electron chi connectivity index (χ1n) is 9.85. The van der Waals surface area contributed by atoms with Crippen molar-refractivity contribution >= 4 is 11.0 Å². The van der Waals surface area contributed by atoms with Crippen LogP contribution in [0.2, 0.25) is 0 Å². The fourth-order valence-electron chi connectivity index (χ4n) is 4.66. The van der Waals surface area contributed by atoms with E-state index < -0.39 is 5.82 Å². The predicted octanol–water partition coefficient (Wildman–Crippen LogP) is 3.11. The number of phenolic OH excluding ortho intramolecular Hbond substituents is 1. The highest BCUT2D eigenvalue weighted by Gasteiger charge is 2.43. The van der Waals surface area contributed by atoms with Crippen molar-refractivity contribution in [3.63, 3.8) is 0 Å². The molecule has 0 bridgehead atoms. The van der Waals surface area contributed by atoms with E-state index in [9.17, 15) is 9.50 Å². The van der Waals surface area contributed by atoms with Gasteiger partial charge in [-0.15, -0.1) is 0 Å². The summed E-state index contributed by atoms with van der Waals surface area (Å²) in [6, 6.07) is 6.17. The van der Waals surface area contributed by atoms with Crippen molar-refractivity contribution in [2.24, 2.45) is 0 Å². The van der Waals surface area contributed by atoms with Crippen LogP contribution in [0.25, 0.3) is 22.3 Å². The van der Waals surface area contributed by atoms with Gasteiger partial charge >= 0.3 is 0 Å². The number of pyridine rings is 1. The minimum atomic E-state index is -0.480. The van der Waals surface area contributed by atoms with E-state index >= 15 is 0 Å². The Morgan fingerprint density at radius 1 is 1.29 bits per heavy atom. The molecule has 7 heteroatoms. The lowest BCUT2D eigenvalue weighted by atomic mass is 9.74. The van der Waals surface area contributed by atoms with Crippen LogP contribution < -0.4 is 5.32 Å². The third-order valence-electron chi connectivity index (χ3n) is 6.35. The fraction of sp³-hybridized carbons (Fsp3) is 0.429. The molecule has 28 heavy (non-hydrogen) atoms. The molecule has 2 fully saturated rings. The number of aryl methyl sites for hydroxylation is 1. The Hall–Kier alpha value is -2.51. The second-order valence-electron chi connectivity index (χ2n) is 8.04. The zero-order chi connectivity index (χ0) is 19.3. The number of hydrogen-bond acceptors (Lipinski definition) is 5. The van der Waals surface area contributed by atoms with E-state index in [0.717, 1.165) is 48.9 Å². The normalized spacial score (nSPS) is 19.2. The molecule has 1 aliphatic heterocycles. The minimum Gasteiger partial charge on any atom is -0.508 e. The largest absolute Gasteiger partial charge is 0.508 e. The van der Waals surface area contributed by atoms with Gasteiger partial charge in [0.05, 0.1) is 11.4 Å². The minimum absolute atomic E-state index is 0.0901. The summed E-state index contributed by atoms with van der Waals surface area (Å²) in [4.78, 5) is 7.19. The number of aromatic amines is 1. The molecular weight excluding hydrogens is 357 g/mol. The Labute approximate surface area is 162 Å². The lowest BCUT2D eigenvalue weighted by Crippen LogP contribution is -2.64. The van der Waals surface area contributed by atoms with E-state index in [2.05, 4.69) is 25.4 Å². The summed E-state index contributed by atoms with van der Waals surface area (Å²) in [5.74, 6) is -0.570. The average molecular weight is 381 g/mol. The van der Waals surface area contributed by atoms with Crippen molar-refractivity contribution in [3.8, 4) is 17.0 Å². The van der Waals surface area contributed by atoms with Gasteiger partial charge in [-0.2, -0.15) is 5.10 Å². The van der Waals surface area contributed by atoms with Gasteiger partial charge in [-0.25, -0.2) is 9.37 Å². The molecule has 0 amide bonds. The lowest BCUT2D eigenvalue weighted by Gasteiger charge is -2.53. The molecule has 1 saturated carbocycles. The number of H-pyrrole nitrogens is 1. The van der Waals surface area contributed by atoms with Crippen molar-refractivity contribution in [1.82, 2.24) is 25.4 Å². The highest BCUT2D eigenvalue weighted by atomic mass is 19.1. The van der Waals surface area contributed by atoms with Crippen molar-refractivity contribution in [2.75, 3.05) is 19.6 Å². The molecule has 0 unspecified atom stereocenters. The van der Waals surface area contributed by atoms with E-state index in [4.69, 9.17) is 0 Å². The monoisotopic (exact) mass is 381 g/mol. The number of hydrogen-bond donors (Lipinski definition) is 3. The van der Waals surface area contributed by atoms with Crippen molar-refractivity contribution in [3.05, 3.63) is 41.3 Å². The summed E-state index contributed by atoms with van der Waals surface area (Å²) in [6.45, 7) is 5.80. The van der Waals surface area contributed by atoms with Gasteiger partial charge < -0.3 is 10.4 Å². The number of fused-ring (bicyclic) bond motifs is 1. The Morgan fingerprint density at radius 3 is 2.89 bits per heavy atom. The van der Waals surface area contributed by atoms with Crippen LogP contribution in [0, 0.1) is 12.7 Å². The second kappa shape index (κ2) is 6.53. The van der Waals surface area contributed by atoms with E-state index in [0.29, 0.717) is 16.9 Å². The number of phenols is 1. The molecule has 1 spiro atoms. The van der Waals surface area contributed by atoms with Crippen LogP contribution in [0.4, 0.5) is 4.39 Å². The van der Waals surface area contributed by atoms with E-state index in [1.807, 2.05) is 13.0 Å². The summed E-state index contributed by atoms with van der Waals surface area (Å²) in [5.41, 5.74) is 3.89. The molecule has 2 aliphatic rings. The number of aromatic nitrogens is 3.